The van der Waals surface area contributed by atoms with E-state index in [1.165, 1.54) is 0 Å². The molecule has 0 aliphatic carbocycles. The average molecular weight is 299 g/mol. The Kier molecular flexibility index (Phi) is 4.26. The monoisotopic (exact) mass is 299 g/mol. The molecule has 0 unspecified atom stereocenters. The third kappa shape index (κ3) is 4.15. The van der Waals surface area contributed by atoms with Crippen molar-refractivity contribution in [3.05, 3.63) is 42.5 Å². The molecule has 2 aromatic rings. The third-order valence-corrected chi connectivity index (χ3v) is 2.91. The number of nitrogens with one attached hydrogen (secondary N) is 1. The molecule has 0 aliphatic rings. The largest absolute Gasteiger partial charge is 0.444 e. The minimum atomic E-state index is -0.555. The first-order valence-corrected chi connectivity index (χ1v) is 7.00. The number of carbonyl (C=O) groups excluding carboxylic acids is 1. The van der Waals surface area contributed by atoms with Crippen LogP contribution in [0.5, 0.6) is 0 Å². The number of benzene rings is 2. The van der Waals surface area contributed by atoms with E-state index < -0.39 is 11.7 Å². The van der Waals surface area contributed by atoms with Crippen molar-refractivity contribution >= 4 is 23.2 Å². The normalized spacial score (nSPS) is 11.0. The van der Waals surface area contributed by atoms with Gasteiger partial charge in [0.1, 0.15) is 5.60 Å². The lowest BCUT2D eigenvalue weighted by atomic mass is 10.0. The average Bonchev–Trinajstić information content (AvgIpc) is 2.39. The summed E-state index contributed by atoms with van der Waals surface area (Å²) in [6.07, 6.45) is -0.532. The Balaban J connectivity index is 2.18. The number of rotatable bonds is 2. The number of carbonyl (C=O) groups is 1. The van der Waals surface area contributed by atoms with Crippen LogP contribution in [-0.4, -0.2) is 11.7 Å². The minimum absolute atomic E-state index is 0.464. The minimum Gasteiger partial charge on any atom is -0.444 e. The second-order valence-corrected chi connectivity index (χ2v) is 6.05. The van der Waals surface area contributed by atoms with E-state index in [1.807, 2.05) is 30.3 Å². The number of nitrogen functional groups attached to an aromatic ring is 2. The molecule has 1 amide bonds. The van der Waals surface area contributed by atoms with Crippen LogP contribution in [0.15, 0.2) is 42.5 Å². The fraction of sp³-hybridized carbons (Fsp3) is 0.235. The number of ether oxygens (including phenoxy) is 1. The van der Waals surface area contributed by atoms with E-state index in [-0.39, 0.29) is 0 Å². The van der Waals surface area contributed by atoms with Gasteiger partial charge in [-0.2, -0.15) is 0 Å². The van der Waals surface area contributed by atoms with Gasteiger partial charge < -0.3 is 16.2 Å². The Bertz CT molecular complexity index is 691. The van der Waals surface area contributed by atoms with Gasteiger partial charge >= 0.3 is 6.09 Å². The summed E-state index contributed by atoms with van der Waals surface area (Å²) < 4.78 is 5.21. The van der Waals surface area contributed by atoms with Gasteiger partial charge in [0.15, 0.2) is 0 Å². The van der Waals surface area contributed by atoms with Crippen molar-refractivity contribution in [1.82, 2.24) is 0 Å². The third-order valence-electron chi connectivity index (χ3n) is 2.91. The molecular weight excluding hydrogens is 278 g/mol. The van der Waals surface area contributed by atoms with Gasteiger partial charge in [0.2, 0.25) is 0 Å². The predicted octanol–water partition coefficient (Wildman–Crippen LogP) is 3.87. The van der Waals surface area contributed by atoms with Crippen LogP contribution in [0, 0.1) is 0 Å². The van der Waals surface area contributed by atoms with Gasteiger partial charge in [0, 0.05) is 5.69 Å². The molecule has 5 heteroatoms. The SMILES string of the molecule is CC(C)(C)OC(=O)Nc1ccc(-c2cccc(N)c2)cc1N. The highest BCUT2D eigenvalue weighted by Crippen LogP contribution is 2.28. The molecule has 0 atom stereocenters. The fourth-order valence-corrected chi connectivity index (χ4v) is 1.99. The highest BCUT2D eigenvalue weighted by molar-refractivity contribution is 5.90. The second-order valence-electron chi connectivity index (χ2n) is 6.05. The van der Waals surface area contributed by atoms with Crippen LogP contribution < -0.4 is 16.8 Å². The first-order chi connectivity index (χ1) is 10.2. The topological polar surface area (TPSA) is 90.4 Å². The smallest absolute Gasteiger partial charge is 0.412 e. The molecule has 116 valence electrons. The summed E-state index contributed by atoms with van der Waals surface area (Å²) in [6.45, 7) is 5.41. The van der Waals surface area contributed by atoms with E-state index in [2.05, 4.69) is 5.32 Å². The Labute approximate surface area is 130 Å². The quantitative estimate of drug-likeness (QED) is 0.734. The number of anilines is 3. The Morgan fingerprint density at radius 1 is 1.05 bits per heavy atom. The van der Waals surface area contributed by atoms with E-state index in [0.29, 0.717) is 17.1 Å². The fourth-order valence-electron chi connectivity index (χ4n) is 1.99. The molecule has 0 bridgehead atoms. The van der Waals surface area contributed by atoms with Crippen molar-refractivity contribution in [2.24, 2.45) is 0 Å². The number of amides is 1. The molecule has 0 aromatic heterocycles. The molecule has 0 heterocycles. The summed E-state index contributed by atoms with van der Waals surface area (Å²) in [5.41, 5.74) is 14.8. The maximum atomic E-state index is 11.8. The molecule has 0 radical (unpaired) electrons. The van der Waals surface area contributed by atoms with E-state index in [0.717, 1.165) is 11.1 Å². The standard InChI is InChI=1S/C17H21N3O2/c1-17(2,3)22-16(21)20-15-8-7-12(10-14(15)19)11-5-4-6-13(18)9-11/h4-10H,18-19H2,1-3H3,(H,20,21). The van der Waals surface area contributed by atoms with Crippen molar-refractivity contribution in [3.8, 4) is 11.1 Å². The van der Waals surface area contributed by atoms with E-state index in [1.54, 1.807) is 32.9 Å². The lowest BCUT2D eigenvalue weighted by Crippen LogP contribution is -2.27. The zero-order valence-electron chi connectivity index (χ0n) is 13.0. The highest BCUT2D eigenvalue weighted by Gasteiger charge is 2.17. The van der Waals surface area contributed by atoms with Crippen LogP contribution in [0.4, 0.5) is 21.9 Å². The molecule has 0 saturated heterocycles. The summed E-state index contributed by atoms with van der Waals surface area (Å²) in [7, 11) is 0. The summed E-state index contributed by atoms with van der Waals surface area (Å²) in [6, 6.07) is 12.9. The van der Waals surface area contributed by atoms with Gasteiger partial charge in [0.05, 0.1) is 11.4 Å². The first kappa shape index (κ1) is 15.7. The molecule has 0 saturated carbocycles. The van der Waals surface area contributed by atoms with Gasteiger partial charge in [-0.25, -0.2) is 4.79 Å². The molecule has 2 rings (SSSR count). The van der Waals surface area contributed by atoms with Gasteiger partial charge in [0.25, 0.3) is 0 Å². The van der Waals surface area contributed by atoms with E-state index in [4.69, 9.17) is 16.2 Å². The van der Waals surface area contributed by atoms with Crippen molar-refractivity contribution in [1.29, 1.82) is 0 Å². The van der Waals surface area contributed by atoms with E-state index >= 15 is 0 Å². The summed E-state index contributed by atoms with van der Waals surface area (Å²) in [5, 5.41) is 2.65. The van der Waals surface area contributed by atoms with Gasteiger partial charge in [-0.05, 0) is 56.2 Å². The molecule has 5 N–H and O–H groups in total. The second kappa shape index (κ2) is 5.97. The van der Waals surface area contributed by atoms with Crippen LogP contribution in [-0.2, 0) is 4.74 Å². The van der Waals surface area contributed by atoms with Crippen LogP contribution in [0.1, 0.15) is 20.8 Å². The van der Waals surface area contributed by atoms with Crippen molar-refractivity contribution in [2.45, 2.75) is 26.4 Å². The molecule has 0 spiro atoms. The van der Waals surface area contributed by atoms with Gasteiger partial charge in [-0.15, -0.1) is 0 Å². The predicted molar refractivity (Wildman–Crippen MR) is 90.6 cm³/mol. The van der Waals surface area contributed by atoms with Gasteiger partial charge in [-0.1, -0.05) is 18.2 Å². The number of hydrogen-bond donors (Lipinski definition) is 3. The van der Waals surface area contributed by atoms with Crippen molar-refractivity contribution < 1.29 is 9.53 Å². The highest BCUT2D eigenvalue weighted by atomic mass is 16.6. The van der Waals surface area contributed by atoms with Gasteiger partial charge in [-0.3, -0.25) is 5.32 Å². The molecule has 2 aromatic carbocycles. The lowest BCUT2D eigenvalue weighted by Gasteiger charge is -2.20. The summed E-state index contributed by atoms with van der Waals surface area (Å²) >= 11 is 0. The maximum Gasteiger partial charge on any atom is 0.412 e. The molecule has 5 nitrogen and oxygen atoms in total. The first-order valence-electron chi connectivity index (χ1n) is 7.00. The van der Waals surface area contributed by atoms with Crippen LogP contribution >= 0.6 is 0 Å². The van der Waals surface area contributed by atoms with E-state index in [9.17, 15) is 4.79 Å². The zero-order chi connectivity index (χ0) is 16.3. The van der Waals surface area contributed by atoms with Crippen LogP contribution in [0.25, 0.3) is 11.1 Å². The molecular formula is C17H21N3O2. The lowest BCUT2D eigenvalue weighted by molar-refractivity contribution is 0.0636. The number of hydrogen-bond acceptors (Lipinski definition) is 4. The molecule has 0 aliphatic heterocycles. The Hall–Kier alpha value is -2.69. The summed E-state index contributed by atoms with van der Waals surface area (Å²) in [5.74, 6) is 0. The van der Waals surface area contributed by atoms with Crippen LogP contribution in [0.2, 0.25) is 0 Å². The van der Waals surface area contributed by atoms with Crippen molar-refractivity contribution in [2.75, 3.05) is 16.8 Å². The van der Waals surface area contributed by atoms with Crippen molar-refractivity contribution in [3.63, 3.8) is 0 Å². The summed E-state index contributed by atoms with van der Waals surface area (Å²) in [4.78, 5) is 11.8. The molecule has 0 fully saturated rings. The number of nitrogens with two attached hydrogens (primary N) is 2. The zero-order valence-corrected chi connectivity index (χ0v) is 13.0. The maximum absolute atomic E-state index is 11.8. The Morgan fingerprint density at radius 2 is 1.73 bits per heavy atom. The molecule has 22 heavy (non-hydrogen) atoms. The van der Waals surface area contributed by atoms with Crippen LogP contribution in [0.3, 0.4) is 0 Å². The Morgan fingerprint density at radius 3 is 2.32 bits per heavy atom.